The molecule has 1 N–H and O–H groups in total. The summed E-state index contributed by atoms with van der Waals surface area (Å²) in [5, 5.41) is 7.54. The first-order valence-corrected chi connectivity index (χ1v) is 7.62. The number of ether oxygens (including phenoxy) is 1. The Kier molecular flexibility index (Phi) is 5.56. The predicted molar refractivity (Wildman–Crippen MR) is 82.2 cm³/mol. The molecule has 1 unspecified atom stereocenters. The van der Waals surface area contributed by atoms with Crippen LogP contribution in [0.2, 0.25) is 0 Å². The molecule has 2 rings (SSSR count). The fraction of sp³-hybridized carbons (Fsp3) is 0.692. The molecule has 1 aliphatic heterocycles. The van der Waals surface area contributed by atoms with E-state index in [0.717, 1.165) is 31.7 Å². The summed E-state index contributed by atoms with van der Waals surface area (Å²) in [5.41, 5.74) is 0.639. The Balaban J connectivity index is 2.07. The monoisotopic (exact) mass is 344 g/mol. The van der Waals surface area contributed by atoms with Gasteiger partial charge >= 0.3 is 0 Å². The summed E-state index contributed by atoms with van der Waals surface area (Å²) in [6.07, 6.45) is 3.80. The zero-order valence-electron chi connectivity index (χ0n) is 11.9. The summed E-state index contributed by atoms with van der Waals surface area (Å²) in [7, 11) is 3.94. The largest absolute Gasteiger partial charge is 0.379 e. The number of halogens is 1. The fourth-order valence-electron chi connectivity index (χ4n) is 2.09. The molecule has 1 aromatic rings. The van der Waals surface area contributed by atoms with Gasteiger partial charge in [-0.15, -0.1) is 0 Å². The maximum atomic E-state index is 12.2. The van der Waals surface area contributed by atoms with Crippen LogP contribution in [0, 0.1) is 0 Å². The molecule has 0 aromatic carbocycles. The highest BCUT2D eigenvalue weighted by atomic mass is 79.9. The third kappa shape index (κ3) is 4.04. The molecule has 7 heteroatoms. The average Bonchev–Trinajstić information content (AvgIpc) is 2.44. The first-order chi connectivity index (χ1) is 9.58. The molecule has 0 amide bonds. The van der Waals surface area contributed by atoms with Crippen LogP contribution in [0.5, 0.6) is 0 Å². The molecule has 1 atom stereocenters. The van der Waals surface area contributed by atoms with Crippen molar-refractivity contribution in [3.63, 3.8) is 0 Å². The smallest absolute Gasteiger partial charge is 0.283 e. The molecular formula is C13H21BrN4O2. The minimum absolute atomic E-state index is 0.103. The third-order valence-corrected chi connectivity index (χ3v) is 4.03. The van der Waals surface area contributed by atoms with E-state index >= 15 is 0 Å². The molecule has 0 bridgehead atoms. The van der Waals surface area contributed by atoms with Crippen molar-refractivity contribution in [1.82, 2.24) is 14.7 Å². The number of hydrogen-bond acceptors (Lipinski definition) is 5. The van der Waals surface area contributed by atoms with Crippen molar-refractivity contribution in [3.05, 3.63) is 21.0 Å². The number of nitrogens with zero attached hydrogens (tertiary/aromatic N) is 3. The van der Waals surface area contributed by atoms with Gasteiger partial charge in [0.05, 0.1) is 25.0 Å². The summed E-state index contributed by atoms with van der Waals surface area (Å²) in [6.45, 7) is 2.86. The van der Waals surface area contributed by atoms with Gasteiger partial charge in [-0.3, -0.25) is 4.79 Å². The van der Waals surface area contributed by atoms with Crippen LogP contribution in [0.3, 0.4) is 0 Å². The molecule has 0 spiro atoms. The van der Waals surface area contributed by atoms with Gasteiger partial charge in [0.15, 0.2) is 0 Å². The van der Waals surface area contributed by atoms with E-state index in [-0.39, 0.29) is 11.6 Å². The van der Waals surface area contributed by atoms with Crippen molar-refractivity contribution in [2.24, 2.45) is 0 Å². The summed E-state index contributed by atoms with van der Waals surface area (Å²) in [5.74, 6) is 0. The van der Waals surface area contributed by atoms with Crippen LogP contribution in [0.25, 0.3) is 0 Å². The van der Waals surface area contributed by atoms with E-state index in [1.165, 1.54) is 4.68 Å². The Morgan fingerprint density at radius 1 is 1.60 bits per heavy atom. The first-order valence-electron chi connectivity index (χ1n) is 6.82. The molecule has 2 heterocycles. The van der Waals surface area contributed by atoms with E-state index in [4.69, 9.17) is 4.74 Å². The van der Waals surface area contributed by atoms with Crippen LogP contribution in [-0.2, 0) is 11.3 Å². The van der Waals surface area contributed by atoms with E-state index < -0.39 is 0 Å². The van der Waals surface area contributed by atoms with E-state index in [2.05, 4.69) is 26.3 Å². The summed E-state index contributed by atoms with van der Waals surface area (Å²) >= 11 is 3.37. The van der Waals surface area contributed by atoms with Crippen LogP contribution >= 0.6 is 15.9 Å². The van der Waals surface area contributed by atoms with Crippen LogP contribution in [0.1, 0.15) is 12.8 Å². The number of likely N-dealkylation sites (N-methyl/N-ethyl adjacent to an activating group) is 1. The Hall–Kier alpha value is -0.920. The van der Waals surface area contributed by atoms with Crippen molar-refractivity contribution in [2.45, 2.75) is 25.4 Å². The van der Waals surface area contributed by atoms with Crippen molar-refractivity contribution >= 4 is 21.6 Å². The van der Waals surface area contributed by atoms with Gasteiger partial charge in [-0.25, -0.2) is 4.68 Å². The van der Waals surface area contributed by atoms with Gasteiger partial charge in [-0.05, 0) is 42.9 Å². The highest BCUT2D eigenvalue weighted by molar-refractivity contribution is 9.10. The molecule has 20 heavy (non-hydrogen) atoms. The molecular weight excluding hydrogens is 324 g/mol. The SMILES string of the molecule is CN(C)CCn1ncc(NC2CCCOC2)c(Br)c1=O. The Bertz CT molecular complexity index is 498. The second kappa shape index (κ2) is 7.19. The molecule has 0 saturated carbocycles. The molecule has 0 aliphatic carbocycles. The maximum absolute atomic E-state index is 12.2. The summed E-state index contributed by atoms with van der Waals surface area (Å²) in [4.78, 5) is 14.2. The van der Waals surface area contributed by atoms with Crippen LogP contribution in [0.4, 0.5) is 5.69 Å². The van der Waals surface area contributed by atoms with Gasteiger partial charge < -0.3 is 15.0 Å². The lowest BCUT2D eigenvalue weighted by atomic mass is 10.1. The molecule has 1 aromatic heterocycles. The zero-order valence-corrected chi connectivity index (χ0v) is 13.5. The Morgan fingerprint density at radius 2 is 2.40 bits per heavy atom. The lowest BCUT2D eigenvalue weighted by Gasteiger charge is -2.24. The number of rotatable bonds is 5. The minimum atomic E-state index is -0.103. The van der Waals surface area contributed by atoms with Gasteiger partial charge in [-0.1, -0.05) is 0 Å². The molecule has 1 aliphatic rings. The van der Waals surface area contributed by atoms with Gasteiger partial charge in [0.2, 0.25) is 0 Å². The standard InChI is InChI=1S/C13H21BrN4O2/c1-17(2)5-6-18-13(19)12(14)11(8-15-18)16-10-4-3-7-20-9-10/h8,10,16H,3-7,9H2,1-2H3. The van der Waals surface area contributed by atoms with Crippen molar-refractivity contribution in [3.8, 4) is 0 Å². The lowest BCUT2D eigenvalue weighted by molar-refractivity contribution is 0.0876. The molecule has 1 saturated heterocycles. The van der Waals surface area contributed by atoms with Crippen molar-refractivity contribution in [2.75, 3.05) is 39.2 Å². The number of anilines is 1. The topological polar surface area (TPSA) is 59.4 Å². The van der Waals surface area contributed by atoms with E-state index in [0.29, 0.717) is 17.6 Å². The highest BCUT2D eigenvalue weighted by Gasteiger charge is 2.16. The van der Waals surface area contributed by atoms with Crippen LogP contribution in [-0.4, -0.2) is 54.6 Å². The first kappa shape index (κ1) is 15.5. The normalized spacial score (nSPS) is 19.3. The second-order valence-electron chi connectivity index (χ2n) is 5.26. The molecule has 112 valence electrons. The van der Waals surface area contributed by atoms with E-state index in [9.17, 15) is 4.79 Å². The fourth-order valence-corrected chi connectivity index (χ4v) is 2.52. The average molecular weight is 345 g/mol. The van der Waals surface area contributed by atoms with Crippen molar-refractivity contribution < 1.29 is 4.74 Å². The predicted octanol–water partition coefficient (Wildman–Crippen LogP) is 1.16. The quantitative estimate of drug-likeness (QED) is 0.868. The van der Waals surface area contributed by atoms with Crippen LogP contribution < -0.4 is 10.9 Å². The third-order valence-electron chi connectivity index (χ3n) is 3.26. The van der Waals surface area contributed by atoms with Gasteiger partial charge in [0, 0.05) is 19.2 Å². The van der Waals surface area contributed by atoms with Crippen molar-refractivity contribution in [1.29, 1.82) is 0 Å². The van der Waals surface area contributed by atoms with E-state index in [1.807, 2.05) is 19.0 Å². The number of aromatic nitrogens is 2. The molecule has 1 fully saturated rings. The van der Waals surface area contributed by atoms with Crippen LogP contribution in [0.15, 0.2) is 15.5 Å². The molecule has 6 nitrogen and oxygen atoms in total. The zero-order chi connectivity index (χ0) is 14.5. The Morgan fingerprint density at radius 3 is 3.05 bits per heavy atom. The van der Waals surface area contributed by atoms with E-state index in [1.54, 1.807) is 6.20 Å². The maximum Gasteiger partial charge on any atom is 0.283 e. The molecule has 0 radical (unpaired) electrons. The minimum Gasteiger partial charge on any atom is -0.379 e. The number of nitrogens with one attached hydrogen (secondary N) is 1. The number of hydrogen-bond donors (Lipinski definition) is 1. The summed E-state index contributed by atoms with van der Waals surface area (Å²) in [6, 6.07) is 0.249. The second-order valence-corrected chi connectivity index (χ2v) is 6.06. The highest BCUT2D eigenvalue weighted by Crippen LogP contribution is 2.19. The van der Waals surface area contributed by atoms with Gasteiger partial charge in [-0.2, -0.15) is 5.10 Å². The van der Waals surface area contributed by atoms with Gasteiger partial charge in [0.1, 0.15) is 4.47 Å². The summed E-state index contributed by atoms with van der Waals surface area (Å²) < 4.78 is 7.44. The lowest BCUT2D eigenvalue weighted by Crippen LogP contribution is -2.33. The Labute approximate surface area is 127 Å². The van der Waals surface area contributed by atoms with Gasteiger partial charge in [0.25, 0.3) is 5.56 Å².